The lowest BCUT2D eigenvalue weighted by molar-refractivity contribution is -0.156. The molecule has 0 heterocycles. The van der Waals surface area contributed by atoms with Gasteiger partial charge in [-0.2, -0.15) is 0 Å². The molecule has 0 bridgehead atoms. The average molecular weight is 449 g/mol. The lowest BCUT2D eigenvalue weighted by Gasteiger charge is -2.28. The molecule has 0 radical (unpaired) electrons. The summed E-state index contributed by atoms with van der Waals surface area (Å²) in [5, 5.41) is 9.52. The summed E-state index contributed by atoms with van der Waals surface area (Å²) in [5.41, 5.74) is 2.95. The van der Waals surface area contributed by atoms with Crippen molar-refractivity contribution in [1.82, 2.24) is 0 Å². The molecule has 0 aliphatic heterocycles. The van der Waals surface area contributed by atoms with Gasteiger partial charge in [-0.1, -0.05) is 50.2 Å². The smallest absolute Gasteiger partial charge is 0.348 e. The highest BCUT2D eigenvalue weighted by atomic mass is 19.1. The lowest BCUT2D eigenvalue weighted by atomic mass is 9.97. The Kier molecular flexibility index (Phi) is 7.88. The van der Waals surface area contributed by atoms with Crippen LogP contribution in [-0.2, 0) is 4.79 Å². The quantitative estimate of drug-likeness (QED) is 0.363. The number of hydrogen-bond acceptors (Lipinski definition) is 3. The van der Waals surface area contributed by atoms with Gasteiger partial charge in [0.1, 0.15) is 23.9 Å². The van der Waals surface area contributed by atoms with Crippen molar-refractivity contribution in [2.75, 3.05) is 6.61 Å². The van der Waals surface area contributed by atoms with E-state index < -0.39 is 11.6 Å². The van der Waals surface area contributed by atoms with E-state index in [0.29, 0.717) is 30.9 Å². The van der Waals surface area contributed by atoms with Crippen LogP contribution in [0, 0.1) is 5.82 Å². The minimum absolute atomic E-state index is 0.244. The number of allylic oxidation sites excluding steroid dienone is 1. The number of carboxylic acids is 1. The summed E-state index contributed by atoms with van der Waals surface area (Å²) in [6, 6.07) is 21.5. The van der Waals surface area contributed by atoms with Crippen molar-refractivity contribution in [2.45, 2.75) is 39.2 Å². The van der Waals surface area contributed by atoms with Crippen LogP contribution < -0.4 is 9.47 Å². The van der Waals surface area contributed by atoms with E-state index in [-0.39, 0.29) is 5.82 Å². The molecule has 0 aromatic heterocycles. The first-order chi connectivity index (χ1) is 15.9. The topological polar surface area (TPSA) is 55.8 Å². The number of carbonyl (C=O) groups is 1. The van der Waals surface area contributed by atoms with Gasteiger partial charge in [0, 0.05) is 0 Å². The maximum Gasteiger partial charge on any atom is 0.348 e. The first-order valence-electron chi connectivity index (χ1n) is 11.1. The van der Waals surface area contributed by atoms with Crippen molar-refractivity contribution >= 4 is 11.5 Å². The molecular formula is C28H29FO4. The Morgan fingerprint density at radius 2 is 1.39 bits per heavy atom. The predicted octanol–water partition coefficient (Wildman–Crippen LogP) is 7.00. The van der Waals surface area contributed by atoms with Crippen LogP contribution in [-0.4, -0.2) is 23.3 Å². The molecule has 0 aliphatic rings. The van der Waals surface area contributed by atoms with E-state index in [2.05, 4.69) is 0 Å². The van der Waals surface area contributed by atoms with Crippen LogP contribution in [0.15, 0.2) is 78.9 Å². The largest absolute Gasteiger partial charge is 0.490 e. The molecule has 5 heteroatoms. The Morgan fingerprint density at radius 3 is 1.91 bits per heavy atom. The Morgan fingerprint density at radius 1 is 0.879 bits per heavy atom. The molecule has 0 aliphatic carbocycles. The number of benzene rings is 3. The molecule has 3 aromatic carbocycles. The molecule has 33 heavy (non-hydrogen) atoms. The van der Waals surface area contributed by atoms with Gasteiger partial charge in [-0.05, 0) is 84.5 Å². The number of rotatable bonds is 10. The van der Waals surface area contributed by atoms with Crippen LogP contribution in [0.25, 0.3) is 16.7 Å². The summed E-state index contributed by atoms with van der Waals surface area (Å²) in [5.74, 6) is -0.0286. The maximum absolute atomic E-state index is 13.1. The molecule has 1 N–H and O–H groups in total. The fourth-order valence-corrected chi connectivity index (χ4v) is 3.52. The monoisotopic (exact) mass is 448 g/mol. The fraction of sp³-hybridized carbons (Fsp3) is 0.250. The molecule has 3 aromatic rings. The highest BCUT2D eigenvalue weighted by Gasteiger charge is 2.37. The number of halogens is 1. The number of ether oxygens (including phenoxy) is 2. The Bertz CT molecular complexity index is 1080. The highest BCUT2D eigenvalue weighted by Crippen LogP contribution is 2.27. The minimum atomic E-state index is -1.21. The molecule has 0 fully saturated rings. The van der Waals surface area contributed by atoms with Crippen molar-refractivity contribution in [3.8, 4) is 22.6 Å². The number of hydrogen-bond donors (Lipinski definition) is 1. The molecule has 0 saturated heterocycles. The van der Waals surface area contributed by atoms with E-state index in [1.807, 2.05) is 37.3 Å². The van der Waals surface area contributed by atoms with Crippen molar-refractivity contribution in [3.63, 3.8) is 0 Å². The van der Waals surface area contributed by atoms with Crippen molar-refractivity contribution in [2.24, 2.45) is 0 Å². The molecule has 0 atom stereocenters. The van der Waals surface area contributed by atoms with Crippen LogP contribution in [0.4, 0.5) is 4.39 Å². The average Bonchev–Trinajstić information content (AvgIpc) is 2.84. The predicted molar refractivity (Wildman–Crippen MR) is 129 cm³/mol. The van der Waals surface area contributed by atoms with Gasteiger partial charge >= 0.3 is 5.97 Å². The van der Waals surface area contributed by atoms with E-state index in [0.717, 1.165) is 22.3 Å². The first-order valence-corrected chi connectivity index (χ1v) is 11.1. The van der Waals surface area contributed by atoms with Gasteiger partial charge in [0.2, 0.25) is 5.60 Å². The minimum Gasteiger partial charge on any atom is -0.490 e. The van der Waals surface area contributed by atoms with Gasteiger partial charge < -0.3 is 14.6 Å². The van der Waals surface area contributed by atoms with E-state index in [4.69, 9.17) is 9.47 Å². The molecular weight excluding hydrogens is 419 g/mol. The zero-order chi connectivity index (χ0) is 23.8. The molecule has 0 spiro atoms. The van der Waals surface area contributed by atoms with Crippen molar-refractivity contribution in [1.29, 1.82) is 0 Å². The summed E-state index contributed by atoms with van der Waals surface area (Å²) < 4.78 is 24.7. The second-order valence-electron chi connectivity index (χ2n) is 7.86. The first kappa shape index (κ1) is 24.1. The summed E-state index contributed by atoms with van der Waals surface area (Å²) in [4.78, 5) is 11.6. The summed E-state index contributed by atoms with van der Waals surface area (Å²) >= 11 is 0. The normalized spacial score (nSPS) is 11.8. The molecule has 4 nitrogen and oxygen atoms in total. The third-order valence-electron chi connectivity index (χ3n) is 5.83. The summed E-state index contributed by atoms with van der Waals surface area (Å²) in [6.45, 7) is 6.03. The van der Waals surface area contributed by atoms with Crippen LogP contribution in [0.3, 0.4) is 0 Å². The Hall–Kier alpha value is -3.60. The third-order valence-corrected chi connectivity index (χ3v) is 5.83. The van der Waals surface area contributed by atoms with E-state index in [1.54, 1.807) is 50.2 Å². The molecule has 0 saturated carbocycles. The second-order valence-corrected chi connectivity index (χ2v) is 7.86. The zero-order valence-corrected chi connectivity index (χ0v) is 19.2. The third kappa shape index (κ3) is 6.01. The summed E-state index contributed by atoms with van der Waals surface area (Å²) in [7, 11) is 0. The van der Waals surface area contributed by atoms with Crippen LogP contribution >= 0.6 is 0 Å². The fourth-order valence-electron chi connectivity index (χ4n) is 3.52. The van der Waals surface area contributed by atoms with E-state index in [9.17, 15) is 14.3 Å². The lowest BCUT2D eigenvalue weighted by Crippen LogP contribution is -2.43. The van der Waals surface area contributed by atoms with Gasteiger partial charge in [-0.15, -0.1) is 0 Å². The van der Waals surface area contributed by atoms with Crippen molar-refractivity contribution < 1.29 is 23.8 Å². The van der Waals surface area contributed by atoms with Gasteiger partial charge in [0.25, 0.3) is 0 Å². The van der Waals surface area contributed by atoms with Gasteiger partial charge in [0.15, 0.2) is 0 Å². The molecule has 0 amide bonds. The summed E-state index contributed by atoms with van der Waals surface area (Å²) in [6.07, 6.45) is 2.76. The van der Waals surface area contributed by atoms with Crippen LogP contribution in [0.5, 0.6) is 11.5 Å². The SMILES string of the molecule is CCC(CC)(Oc1ccc(OC/C=C(\C)c2ccc(-c3ccc(F)cc3)cc2)cc1)C(=O)O. The highest BCUT2D eigenvalue weighted by molar-refractivity contribution is 5.77. The standard InChI is InChI=1S/C28H29FO4/c1-4-28(5-2,27(30)31)33-26-16-14-25(15-17-26)32-19-18-20(3)21-6-8-22(9-7-21)23-10-12-24(29)13-11-23/h6-18H,4-5,19H2,1-3H3,(H,30,31)/b20-18+. The second kappa shape index (κ2) is 10.8. The molecule has 0 unspecified atom stereocenters. The van der Waals surface area contributed by atoms with Gasteiger partial charge in [-0.25, -0.2) is 9.18 Å². The Labute approximate surface area is 194 Å². The van der Waals surface area contributed by atoms with Gasteiger partial charge in [-0.3, -0.25) is 0 Å². The molecule has 3 rings (SSSR count). The number of carboxylic acid groups (broad SMARTS) is 1. The van der Waals surface area contributed by atoms with E-state index in [1.165, 1.54) is 12.1 Å². The van der Waals surface area contributed by atoms with Crippen LogP contribution in [0.1, 0.15) is 39.2 Å². The number of aliphatic carboxylic acids is 1. The zero-order valence-electron chi connectivity index (χ0n) is 19.2. The maximum atomic E-state index is 13.1. The Balaban J connectivity index is 1.58. The van der Waals surface area contributed by atoms with E-state index >= 15 is 0 Å². The molecule has 172 valence electrons. The van der Waals surface area contributed by atoms with Crippen LogP contribution in [0.2, 0.25) is 0 Å². The van der Waals surface area contributed by atoms with Gasteiger partial charge in [0.05, 0.1) is 0 Å². The van der Waals surface area contributed by atoms with Crippen molar-refractivity contribution in [3.05, 3.63) is 90.3 Å².